The monoisotopic (exact) mass is 225 g/mol. The number of aliphatic hydroxyl groups is 1. The Labute approximate surface area is 96.6 Å². The fourth-order valence-corrected chi connectivity index (χ4v) is 1.75. The predicted octanol–water partition coefficient (Wildman–Crippen LogP) is 1.38. The summed E-state index contributed by atoms with van der Waals surface area (Å²) in [5.41, 5.74) is -0.523. The van der Waals surface area contributed by atoms with Gasteiger partial charge in [-0.25, -0.2) is 4.79 Å². The van der Waals surface area contributed by atoms with Gasteiger partial charge >= 0.3 is 6.09 Å². The van der Waals surface area contributed by atoms with Crippen LogP contribution in [0.25, 0.3) is 0 Å². The molecule has 16 heavy (non-hydrogen) atoms. The Balaban J connectivity index is 2.66. The molecule has 0 aromatic rings. The standard InChI is InChI=1S/C12H19NO3/c1-5-6-9-10(14)7-8-13(9)11(15)16-12(2,3)4/h1,9-10,14H,6-8H2,2-4H3/t9-,10+/m1/s1. The van der Waals surface area contributed by atoms with Gasteiger partial charge < -0.3 is 14.7 Å². The van der Waals surface area contributed by atoms with E-state index >= 15 is 0 Å². The van der Waals surface area contributed by atoms with E-state index < -0.39 is 17.8 Å². The van der Waals surface area contributed by atoms with E-state index in [9.17, 15) is 9.90 Å². The van der Waals surface area contributed by atoms with Gasteiger partial charge in [0.25, 0.3) is 0 Å². The van der Waals surface area contributed by atoms with Crippen molar-refractivity contribution < 1.29 is 14.6 Å². The molecule has 1 aliphatic heterocycles. The number of terminal acetylenes is 1. The van der Waals surface area contributed by atoms with Crippen molar-refractivity contribution in [2.75, 3.05) is 6.54 Å². The first-order chi connectivity index (χ1) is 7.35. The molecular formula is C12H19NO3. The van der Waals surface area contributed by atoms with Gasteiger partial charge in [-0.15, -0.1) is 12.3 Å². The maximum Gasteiger partial charge on any atom is 0.410 e. The zero-order valence-electron chi connectivity index (χ0n) is 10.1. The van der Waals surface area contributed by atoms with Crippen LogP contribution in [0.1, 0.15) is 33.6 Å². The molecule has 1 aliphatic rings. The van der Waals surface area contributed by atoms with E-state index in [-0.39, 0.29) is 6.04 Å². The summed E-state index contributed by atoms with van der Waals surface area (Å²) in [5, 5.41) is 9.69. The molecule has 1 fully saturated rings. The summed E-state index contributed by atoms with van der Waals surface area (Å²) in [4.78, 5) is 13.3. The third kappa shape index (κ3) is 3.14. The molecule has 4 heteroatoms. The number of likely N-dealkylation sites (tertiary alicyclic amines) is 1. The Morgan fingerprint density at radius 3 is 2.75 bits per heavy atom. The molecule has 0 spiro atoms. The maximum absolute atomic E-state index is 11.8. The van der Waals surface area contributed by atoms with E-state index in [0.717, 1.165) is 0 Å². The Bertz CT molecular complexity index is 300. The van der Waals surface area contributed by atoms with Crippen LogP contribution >= 0.6 is 0 Å². The fraction of sp³-hybridized carbons (Fsp3) is 0.750. The first kappa shape index (κ1) is 12.9. The molecule has 1 amide bonds. The van der Waals surface area contributed by atoms with E-state index in [1.54, 1.807) is 0 Å². The summed E-state index contributed by atoms with van der Waals surface area (Å²) in [6.07, 6.45) is 5.21. The molecule has 0 unspecified atom stereocenters. The van der Waals surface area contributed by atoms with Gasteiger partial charge in [0.15, 0.2) is 0 Å². The zero-order valence-corrected chi connectivity index (χ0v) is 10.1. The third-order valence-corrected chi connectivity index (χ3v) is 2.47. The molecule has 0 saturated carbocycles. The largest absolute Gasteiger partial charge is 0.444 e. The van der Waals surface area contributed by atoms with Crippen LogP contribution in [0, 0.1) is 12.3 Å². The third-order valence-electron chi connectivity index (χ3n) is 2.47. The highest BCUT2D eigenvalue weighted by atomic mass is 16.6. The number of carbonyl (C=O) groups excluding carboxylic acids is 1. The van der Waals surface area contributed by atoms with Gasteiger partial charge in [-0.2, -0.15) is 0 Å². The minimum atomic E-state index is -0.538. The lowest BCUT2D eigenvalue weighted by molar-refractivity contribution is 0.0162. The van der Waals surface area contributed by atoms with Gasteiger partial charge in [0.05, 0.1) is 12.1 Å². The summed E-state index contributed by atoms with van der Waals surface area (Å²) in [5.74, 6) is 2.48. The van der Waals surface area contributed by atoms with Crippen LogP contribution < -0.4 is 0 Å². The summed E-state index contributed by atoms with van der Waals surface area (Å²) in [7, 11) is 0. The fourth-order valence-electron chi connectivity index (χ4n) is 1.75. The van der Waals surface area contributed by atoms with Gasteiger partial charge in [-0.05, 0) is 27.2 Å². The number of amides is 1. The molecule has 0 bridgehead atoms. The molecule has 2 atom stereocenters. The molecule has 1 heterocycles. The Morgan fingerprint density at radius 1 is 1.62 bits per heavy atom. The van der Waals surface area contributed by atoms with Crippen molar-refractivity contribution in [1.29, 1.82) is 0 Å². The van der Waals surface area contributed by atoms with Crippen molar-refractivity contribution in [2.24, 2.45) is 0 Å². The van der Waals surface area contributed by atoms with E-state index in [1.807, 2.05) is 20.8 Å². The lowest BCUT2D eigenvalue weighted by atomic mass is 10.1. The zero-order chi connectivity index (χ0) is 12.3. The summed E-state index contributed by atoms with van der Waals surface area (Å²) >= 11 is 0. The lowest BCUT2D eigenvalue weighted by Crippen LogP contribution is -2.42. The van der Waals surface area contributed by atoms with Gasteiger partial charge in [0, 0.05) is 13.0 Å². The number of nitrogens with zero attached hydrogens (tertiary/aromatic N) is 1. The van der Waals surface area contributed by atoms with Crippen molar-refractivity contribution in [3.63, 3.8) is 0 Å². The second-order valence-corrected chi connectivity index (χ2v) is 5.01. The van der Waals surface area contributed by atoms with E-state index in [0.29, 0.717) is 19.4 Å². The van der Waals surface area contributed by atoms with Crippen molar-refractivity contribution >= 4 is 6.09 Å². The van der Waals surface area contributed by atoms with Gasteiger partial charge in [0.1, 0.15) is 5.60 Å². The molecule has 0 aromatic heterocycles. The predicted molar refractivity (Wildman–Crippen MR) is 60.8 cm³/mol. The second kappa shape index (κ2) is 4.75. The molecule has 4 nitrogen and oxygen atoms in total. The first-order valence-electron chi connectivity index (χ1n) is 5.46. The number of rotatable bonds is 1. The van der Waals surface area contributed by atoms with Crippen LogP contribution in [-0.2, 0) is 4.74 Å². The first-order valence-corrected chi connectivity index (χ1v) is 5.46. The second-order valence-electron chi connectivity index (χ2n) is 5.01. The van der Waals surface area contributed by atoms with Crippen LogP contribution in [0.4, 0.5) is 4.79 Å². The van der Waals surface area contributed by atoms with E-state index in [1.165, 1.54) is 4.90 Å². The molecule has 0 radical (unpaired) electrons. The van der Waals surface area contributed by atoms with Crippen LogP contribution in [-0.4, -0.2) is 40.4 Å². The lowest BCUT2D eigenvalue weighted by Gasteiger charge is -2.28. The SMILES string of the molecule is C#CC[C@@H]1[C@@H](O)CCN1C(=O)OC(C)(C)C. The number of aliphatic hydroxyl groups excluding tert-OH is 1. The van der Waals surface area contributed by atoms with Crippen molar-refractivity contribution in [1.82, 2.24) is 4.90 Å². The van der Waals surface area contributed by atoms with Gasteiger partial charge in [-0.1, -0.05) is 0 Å². The van der Waals surface area contributed by atoms with Crippen LogP contribution in [0.2, 0.25) is 0 Å². The average molecular weight is 225 g/mol. The Kier molecular flexibility index (Phi) is 3.82. The molecule has 1 rings (SSSR count). The normalized spacial score (nSPS) is 25.3. The van der Waals surface area contributed by atoms with Gasteiger partial charge in [-0.3, -0.25) is 0 Å². The topological polar surface area (TPSA) is 49.8 Å². The maximum atomic E-state index is 11.8. The smallest absolute Gasteiger partial charge is 0.410 e. The highest BCUT2D eigenvalue weighted by Gasteiger charge is 2.37. The number of hydrogen-bond donors (Lipinski definition) is 1. The van der Waals surface area contributed by atoms with Crippen LogP contribution in [0.3, 0.4) is 0 Å². The number of carbonyl (C=O) groups is 1. The minimum absolute atomic E-state index is 0.306. The van der Waals surface area contributed by atoms with E-state index in [4.69, 9.17) is 11.2 Å². The minimum Gasteiger partial charge on any atom is -0.444 e. The number of hydrogen-bond acceptors (Lipinski definition) is 3. The quantitative estimate of drug-likeness (QED) is 0.686. The molecule has 0 aromatic carbocycles. The molecule has 0 aliphatic carbocycles. The summed E-state index contributed by atoms with van der Waals surface area (Å²) < 4.78 is 5.25. The highest BCUT2D eigenvalue weighted by Crippen LogP contribution is 2.23. The van der Waals surface area contributed by atoms with Crippen LogP contribution in [0.15, 0.2) is 0 Å². The molecule has 90 valence electrons. The Morgan fingerprint density at radius 2 is 2.25 bits per heavy atom. The molecule has 1 saturated heterocycles. The van der Waals surface area contributed by atoms with Crippen molar-refractivity contribution in [3.05, 3.63) is 0 Å². The molecule has 1 N–H and O–H groups in total. The van der Waals surface area contributed by atoms with Crippen molar-refractivity contribution in [2.45, 2.75) is 51.4 Å². The molecular weight excluding hydrogens is 206 g/mol. The van der Waals surface area contributed by atoms with Crippen molar-refractivity contribution in [3.8, 4) is 12.3 Å². The Hall–Kier alpha value is -1.21. The number of ether oxygens (including phenoxy) is 1. The van der Waals surface area contributed by atoms with E-state index in [2.05, 4.69) is 5.92 Å². The average Bonchev–Trinajstić information content (AvgIpc) is 2.46. The summed E-state index contributed by atoms with van der Waals surface area (Å²) in [6, 6.07) is -0.306. The highest BCUT2D eigenvalue weighted by molar-refractivity contribution is 5.69. The van der Waals surface area contributed by atoms with Crippen LogP contribution in [0.5, 0.6) is 0 Å². The summed E-state index contributed by atoms with van der Waals surface area (Å²) in [6.45, 7) is 5.94. The van der Waals surface area contributed by atoms with Gasteiger partial charge in [0.2, 0.25) is 0 Å².